The van der Waals surface area contributed by atoms with Crippen LogP contribution in [0.1, 0.15) is 22.3 Å². The SMILES string of the molecule is Cc1ccc(-n2nccn2)c(C(=O)N2CC[C@H]2C(=O)O)c1. The lowest BCUT2D eigenvalue weighted by molar-refractivity contribution is -0.146. The fourth-order valence-corrected chi connectivity index (χ4v) is 2.38. The number of aliphatic carboxylic acids is 1. The van der Waals surface area contributed by atoms with Gasteiger partial charge in [-0.1, -0.05) is 11.6 Å². The summed E-state index contributed by atoms with van der Waals surface area (Å²) in [5.74, 6) is -1.27. The Kier molecular flexibility index (Phi) is 3.17. The third kappa shape index (κ3) is 2.26. The van der Waals surface area contributed by atoms with Crippen LogP contribution in [0, 0.1) is 6.92 Å². The first-order chi connectivity index (χ1) is 10.1. The fraction of sp³-hybridized carbons (Fsp3) is 0.286. The Bertz CT molecular complexity index is 696. The van der Waals surface area contributed by atoms with Crippen molar-refractivity contribution in [3.63, 3.8) is 0 Å². The molecule has 0 aliphatic carbocycles. The molecule has 0 unspecified atom stereocenters. The summed E-state index contributed by atoms with van der Waals surface area (Å²) in [6, 6.07) is 4.62. The van der Waals surface area contributed by atoms with Gasteiger partial charge in [0.1, 0.15) is 6.04 Å². The Balaban J connectivity index is 2.00. The van der Waals surface area contributed by atoms with Crippen LogP contribution in [0.4, 0.5) is 0 Å². The second-order valence-corrected chi connectivity index (χ2v) is 4.98. The number of benzene rings is 1. The molecule has 1 atom stereocenters. The average Bonchev–Trinajstić information content (AvgIpc) is 2.90. The lowest BCUT2D eigenvalue weighted by Gasteiger charge is -2.38. The van der Waals surface area contributed by atoms with Gasteiger partial charge in [0.25, 0.3) is 5.91 Å². The van der Waals surface area contributed by atoms with E-state index < -0.39 is 12.0 Å². The molecule has 21 heavy (non-hydrogen) atoms. The summed E-state index contributed by atoms with van der Waals surface area (Å²) in [5, 5.41) is 17.2. The zero-order valence-corrected chi connectivity index (χ0v) is 11.4. The predicted molar refractivity (Wildman–Crippen MR) is 73.2 cm³/mol. The number of hydrogen-bond acceptors (Lipinski definition) is 4. The van der Waals surface area contributed by atoms with Gasteiger partial charge in [-0.3, -0.25) is 4.79 Å². The molecule has 1 amide bonds. The minimum atomic E-state index is -0.971. The van der Waals surface area contributed by atoms with Crippen LogP contribution < -0.4 is 0 Å². The Hall–Kier alpha value is -2.70. The largest absolute Gasteiger partial charge is 0.480 e. The van der Waals surface area contributed by atoms with Crippen LogP contribution in [-0.4, -0.2) is 49.5 Å². The van der Waals surface area contributed by atoms with E-state index in [9.17, 15) is 9.59 Å². The summed E-state index contributed by atoms with van der Waals surface area (Å²) in [7, 11) is 0. The number of carboxylic acids is 1. The summed E-state index contributed by atoms with van der Waals surface area (Å²) in [6.07, 6.45) is 3.54. The molecular formula is C14H14N4O3. The second-order valence-electron chi connectivity index (χ2n) is 4.98. The Morgan fingerprint density at radius 3 is 2.57 bits per heavy atom. The zero-order valence-electron chi connectivity index (χ0n) is 11.4. The first kappa shape index (κ1) is 13.3. The van der Waals surface area contributed by atoms with Gasteiger partial charge < -0.3 is 10.0 Å². The minimum absolute atomic E-state index is 0.301. The first-order valence-electron chi connectivity index (χ1n) is 6.59. The summed E-state index contributed by atoms with van der Waals surface area (Å²) < 4.78 is 0. The number of likely N-dealkylation sites (tertiary alicyclic amines) is 1. The van der Waals surface area contributed by atoms with Crippen LogP contribution in [0.5, 0.6) is 0 Å². The summed E-state index contributed by atoms with van der Waals surface area (Å²) >= 11 is 0. The molecule has 1 aromatic heterocycles. The van der Waals surface area contributed by atoms with E-state index in [1.165, 1.54) is 22.1 Å². The van der Waals surface area contributed by atoms with E-state index in [4.69, 9.17) is 5.11 Å². The molecule has 0 radical (unpaired) electrons. The van der Waals surface area contributed by atoms with Crippen molar-refractivity contribution in [1.82, 2.24) is 19.9 Å². The third-order valence-electron chi connectivity index (χ3n) is 3.58. The van der Waals surface area contributed by atoms with Crippen LogP contribution in [0.2, 0.25) is 0 Å². The van der Waals surface area contributed by atoms with Gasteiger partial charge in [0.05, 0.1) is 23.6 Å². The highest BCUT2D eigenvalue weighted by molar-refractivity contribution is 6.00. The highest BCUT2D eigenvalue weighted by atomic mass is 16.4. The molecule has 2 heterocycles. The highest BCUT2D eigenvalue weighted by Gasteiger charge is 2.38. The van der Waals surface area contributed by atoms with E-state index >= 15 is 0 Å². The van der Waals surface area contributed by atoms with Crippen LogP contribution in [0.25, 0.3) is 5.69 Å². The van der Waals surface area contributed by atoms with Crippen LogP contribution in [0.15, 0.2) is 30.6 Å². The van der Waals surface area contributed by atoms with Crippen molar-refractivity contribution in [2.24, 2.45) is 0 Å². The Morgan fingerprint density at radius 1 is 1.29 bits per heavy atom. The molecule has 7 heteroatoms. The topological polar surface area (TPSA) is 88.3 Å². The standard InChI is InChI=1S/C14H14N4O3/c1-9-2-3-11(18-15-5-6-16-18)10(8-9)13(19)17-7-4-12(17)14(20)21/h2-3,5-6,8,12H,4,7H2,1H3,(H,20,21)/t12-/m0/s1. The number of amides is 1. The minimum Gasteiger partial charge on any atom is -0.480 e. The second kappa shape index (κ2) is 5.01. The number of aryl methyl sites for hydroxylation is 1. The number of carbonyl (C=O) groups is 2. The molecule has 1 aliphatic heterocycles. The van der Waals surface area contributed by atoms with E-state index in [2.05, 4.69) is 10.2 Å². The van der Waals surface area contributed by atoms with Crippen molar-refractivity contribution in [2.45, 2.75) is 19.4 Å². The summed E-state index contributed by atoms with van der Waals surface area (Å²) in [6.45, 7) is 2.33. The molecule has 1 saturated heterocycles. The average molecular weight is 286 g/mol. The van der Waals surface area contributed by atoms with Gasteiger partial charge >= 0.3 is 5.97 Å². The van der Waals surface area contributed by atoms with Gasteiger partial charge in [-0.05, 0) is 25.5 Å². The first-order valence-corrected chi connectivity index (χ1v) is 6.59. The number of carboxylic acid groups (broad SMARTS) is 1. The lowest BCUT2D eigenvalue weighted by Crippen LogP contribution is -2.55. The molecule has 0 saturated carbocycles. The Labute approximate surface area is 120 Å². The molecule has 7 nitrogen and oxygen atoms in total. The van der Waals surface area contributed by atoms with Crippen molar-refractivity contribution in [1.29, 1.82) is 0 Å². The third-order valence-corrected chi connectivity index (χ3v) is 3.58. The van der Waals surface area contributed by atoms with E-state index in [-0.39, 0.29) is 5.91 Å². The molecule has 1 aliphatic rings. The number of aromatic nitrogens is 3. The quantitative estimate of drug-likeness (QED) is 0.904. The molecule has 1 N–H and O–H groups in total. The van der Waals surface area contributed by atoms with E-state index in [0.717, 1.165) is 5.56 Å². The van der Waals surface area contributed by atoms with E-state index in [1.807, 2.05) is 13.0 Å². The number of nitrogens with zero attached hydrogens (tertiary/aromatic N) is 4. The van der Waals surface area contributed by atoms with Crippen LogP contribution in [0.3, 0.4) is 0 Å². The fourth-order valence-electron chi connectivity index (χ4n) is 2.38. The van der Waals surface area contributed by atoms with Crippen molar-refractivity contribution in [3.05, 3.63) is 41.7 Å². The van der Waals surface area contributed by atoms with E-state index in [0.29, 0.717) is 24.2 Å². The molecule has 3 rings (SSSR count). The maximum atomic E-state index is 12.6. The molecule has 1 fully saturated rings. The van der Waals surface area contributed by atoms with E-state index in [1.54, 1.807) is 12.1 Å². The number of rotatable bonds is 3. The van der Waals surface area contributed by atoms with Gasteiger partial charge in [0, 0.05) is 6.54 Å². The molecule has 0 spiro atoms. The predicted octanol–water partition coefficient (Wildman–Crippen LogP) is 0.875. The normalized spacial score (nSPS) is 17.4. The summed E-state index contributed by atoms with van der Waals surface area (Å²) in [5.41, 5.74) is 1.88. The molecule has 0 bridgehead atoms. The lowest BCUT2D eigenvalue weighted by atomic mass is 10.00. The van der Waals surface area contributed by atoms with Gasteiger partial charge in [-0.25, -0.2) is 4.79 Å². The van der Waals surface area contributed by atoms with Gasteiger partial charge in [-0.15, -0.1) is 0 Å². The monoisotopic (exact) mass is 286 g/mol. The molecule has 1 aromatic carbocycles. The zero-order chi connectivity index (χ0) is 15.0. The van der Waals surface area contributed by atoms with Gasteiger partial charge in [0.15, 0.2) is 0 Å². The highest BCUT2D eigenvalue weighted by Crippen LogP contribution is 2.24. The maximum absolute atomic E-state index is 12.6. The Morgan fingerprint density at radius 2 is 2.00 bits per heavy atom. The number of hydrogen-bond donors (Lipinski definition) is 1. The van der Waals surface area contributed by atoms with Crippen molar-refractivity contribution in [2.75, 3.05) is 6.54 Å². The summed E-state index contributed by atoms with van der Waals surface area (Å²) in [4.78, 5) is 26.4. The smallest absolute Gasteiger partial charge is 0.326 e. The van der Waals surface area contributed by atoms with Crippen LogP contribution in [-0.2, 0) is 4.79 Å². The molecule has 2 aromatic rings. The van der Waals surface area contributed by atoms with Crippen LogP contribution >= 0.6 is 0 Å². The van der Waals surface area contributed by atoms with Crippen molar-refractivity contribution >= 4 is 11.9 Å². The molecule has 108 valence electrons. The van der Waals surface area contributed by atoms with Gasteiger partial charge in [-0.2, -0.15) is 15.0 Å². The number of carbonyl (C=O) groups excluding carboxylic acids is 1. The van der Waals surface area contributed by atoms with Crippen molar-refractivity contribution < 1.29 is 14.7 Å². The maximum Gasteiger partial charge on any atom is 0.326 e. The van der Waals surface area contributed by atoms with Gasteiger partial charge in [0.2, 0.25) is 0 Å². The van der Waals surface area contributed by atoms with Crippen molar-refractivity contribution in [3.8, 4) is 5.69 Å². The molecular weight excluding hydrogens is 272 g/mol.